The van der Waals surface area contributed by atoms with Gasteiger partial charge in [0.25, 0.3) is 0 Å². The molecule has 1 aliphatic heterocycles. The standard InChI is InChI=1S/C13H22N2O3S/c1-10(14-2)7-11-9-18-13(15-11)8-12-5-3-4-6-19(12,16)17/h9-10,12,14H,3-8H2,1-2H3. The second kappa shape index (κ2) is 6.05. The van der Waals surface area contributed by atoms with Gasteiger partial charge in [-0.25, -0.2) is 13.4 Å². The molecule has 108 valence electrons. The van der Waals surface area contributed by atoms with E-state index in [4.69, 9.17) is 4.42 Å². The van der Waals surface area contributed by atoms with E-state index in [1.165, 1.54) is 0 Å². The first-order chi connectivity index (χ1) is 9.01. The Balaban J connectivity index is 1.99. The number of likely N-dealkylation sites (N-methyl/N-ethyl adjacent to an activating group) is 1. The number of oxazole rings is 1. The maximum absolute atomic E-state index is 11.9. The minimum absolute atomic E-state index is 0.308. The number of aromatic nitrogens is 1. The summed E-state index contributed by atoms with van der Waals surface area (Å²) >= 11 is 0. The molecule has 1 N–H and O–H groups in total. The molecule has 0 radical (unpaired) electrons. The lowest BCUT2D eigenvalue weighted by Crippen LogP contribution is -2.30. The largest absolute Gasteiger partial charge is 0.449 e. The first-order valence-corrected chi connectivity index (χ1v) is 8.55. The second-order valence-corrected chi connectivity index (χ2v) is 7.72. The van der Waals surface area contributed by atoms with Crippen LogP contribution in [0.4, 0.5) is 0 Å². The molecule has 1 fully saturated rings. The highest BCUT2D eigenvalue weighted by Gasteiger charge is 2.30. The SMILES string of the molecule is CNC(C)Cc1coc(CC2CCCCS2(=O)=O)n1. The topological polar surface area (TPSA) is 72.2 Å². The van der Waals surface area contributed by atoms with Crippen molar-refractivity contribution in [2.24, 2.45) is 0 Å². The quantitative estimate of drug-likeness (QED) is 0.884. The van der Waals surface area contributed by atoms with Crippen molar-refractivity contribution in [3.63, 3.8) is 0 Å². The zero-order valence-electron chi connectivity index (χ0n) is 11.6. The summed E-state index contributed by atoms with van der Waals surface area (Å²) in [7, 11) is -1.05. The average Bonchev–Trinajstić information content (AvgIpc) is 2.79. The number of nitrogens with zero attached hydrogens (tertiary/aromatic N) is 1. The highest BCUT2D eigenvalue weighted by molar-refractivity contribution is 7.92. The Hall–Kier alpha value is -0.880. The van der Waals surface area contributed by atoms with E-state index in [2.05, 4.69) is 17.2 Å². The molecule has 2 atom stereocenters. The van der Waals surface area contributed by atoms with Crippen LogP contribution < -0.4 is 5.32 Å². The van der Waals surface area contributed by atoms with Crippen LogP contribution in [0.5, 0.6) is 0 Å². The fourth-order valence-corrected chi connectivity index (χ4v) is 4.26. The summed E-state index contributed by atoms with van der Waals surface area (Å²) in [6.07, 6.45) is 5.34. The number of hydrogen-bond acceptors (Lipinski definition) is 5. The Kier molecular flexibility index (Phi) is 4.62. The third-order valence-electron chi connectivity index (χ3n) is 3.72. The summed E-state index contributed by atoms with van der Waals surface area (Å²) in [5.74, 6) is 0.857. The molecule has 6 heteroatoms. The van der Waals surface area contributed by atoms with Gasteiger partial charge in [0.2, 0.25) is 0 Å². The van der Waals surface area contributed by atoms with Crippen molar-refractivity contribution in [3.05, 3.63) is 17.8 Å². The molecule has 0 aliphatic carbocycles. The number of nitrogens with one attached hydrogen (secondary N) is 1. The van der Waals surface area contributed by atoms with Crippen LogP contribution in [0, 0.1) is 0 Å². The predicted molar refractivity (Wildman–Crippen MR) is 73.9 cm³/mol. The molecule has 2 unspecified atom stereocenters. The zero-order chi connectivity index (χ0) is 13.9. The molecule has 0 saturated carbocycles. The summed E-state index contributed by atoms with van der Waals surface area (Å²) < 4.78 is 29.3. The van der Waals surface area contributed by atoms with Gasteiger partial charge in [0.05, 0.1) is 16.7 Å². The van der Waals surface area contributed by atoms with Gasteiger partial charge in [0.1, 0.15) is 6.26 Å². The lowest BCUT2D eigenvalue weighted by atomic mass is 10.1. The Morgan fingerprint density at radius 1 is 1.53 bits per heavy atom. The third-order valence-corrected chi connectivity index (χ3v) is 6.00. The van der Waals surface area contributed by atoms with Crippen molar-refractivity contribution >= 4 is 9.84 Å². The Morgan fingerprint density at radius 2 is 2.32 bits per heavy atom. The van der Waals surface area contributed by atoms with Gasteiger partial charge in [-0.15, -0.1) is 0 Å². The maximum Gasteiger partial charge on any atom is 0.195 e. The summed E-state index contributed by atoms with van der Waals surface area (Å²) in [6.45, 7) is 2.07. The van der Waals surface area contributed by atoms with E-state index in [-0.39, 0.29) is 5.25 Å². The summed E-state index contributed by atoms with van der Waals surface area (Å²) in [5, 5.41) is 2.83. The van der Waals surface area contributed by atoms with Gasteiger partial charge in [-0.2, -0.15) is 0 Å². The molecule has 19 heavy (non-hydrogen) atoms. The zero-order valence-corrected chi connectivity index (χ0v) is 12.4. The maximum atomic E-state index is 11.9. The molecule has 0 amide bonds. The van der Waals surface area contributed by atoms with E-state index < -0.39 is 9.84 Å². The first kappa shape index (κ1) is 14.5. The van der Waals surface area contributed by atoms with E-state index >= 15 is 0 Å². The molecule has 5 nitrogen and oxygen atoms in total. The molecule has 1 aromatic heterocycles. The van der Waals surface area contributed by atoms with E-state index in [0.717, 1.165) is 31.4 Å². The molecular weight excluding hydrogens is 264 g/mol. The lowest BCUT2D eigenvalue weighted by molar-refractivity contribution is 0.466. The van der Waals surface area contributed by atoms with Crippen molar-refractivity contribution in [1.29, 1.82) is 0 Å². The second-order valence-electron chi connectivity index (χ2n) is 5.32. The van der Waals surface area contributed by atoms with Gasteiger partial charge < -0.3 is 9.73 Å². The van der Waals surface area contributed by atoms with Crippen molar-refractivity contribution in [3.8, 4) is 0 Å². The Bertz CT molecular complexity index is 510. The minimum atomic E-state index is -2.95. The van der Waals surface area contributed by atoms with E-state index in [1.807, 2.05) is 7.05 Å². The molecule has 0 bridgehead atoms. The van der Waals surface area contributed by atoms with Crippen LogP contribution in [0.3, 0.4) is 0 Å². The molecule has 2 rings (SSSR count). The van der Waals surface area contributed by atoms with Crippen LogP contribution >= 0.6 is 0 Å². The number of hydrogen-bond donors (Lipinski definition) is 1. The van der Waals surface area contributed by atoms with Gasteiger partial charge in [-0.05, 0) is 26.8 Å². The average molecular weight is 286 g/mol. The van der Waals surface area contributed by atoms with Gasteiger partial charge >= 0.3 is 0 Å². The molecule has 0 aromatic carbocycles. The van der Waals surface area contributed by atoms with Gasteiger partial charge in [0.15, 0.2) is 15.7 Å². The molecule has 1 saturated heterocycles. The fraction of sp³-hybridized carbons (Fsp3) is 0.769. The molecule has 0 spiro atoms. The van der Waals surface area contributed by atoms with Gasteiger partial charge in [-0.1, -0.05) is 6.42 Å². The predicted octanol–water partition coefficient (Wildman–Crippen LogP) is 1.33. The fourth-order valence-electron chi connectivity index (χ4n) is 2.40. The van der Waals surface area contributed by atoms with E-state index in [1.54, 1.807) is 6.26 Å². The monoisotopic (exact) mass is 286 g/mol. The van der Waals surface area contributed by atoms with Crippen LogP contribution in [-0.2, 0) is 22.7 Å². The van der Waals surface area contributed by atoms with Crippen LogP contribution in [0.1, 0.15) is 37.8 Å². The Labute approximate surface area is 114 Å². The summed E-state index contributed by atoms with van der Waals surface area (Å²) in [5.41, 5.74) is 0.880. The number of sulfone groups is 1. The molecule has 1 aliphatic rings. The van der Waals surface area contributed by atoms with Gasteiger partial charge in [-0.3, -0.25) is 0 Å². The lowest BCUT2D eigenvalue weighted by Gasteiger charge is -2.20. The van der Waals surface area contributed by atoms with Crippen molar-refractivity contribution < 1.29 is 12.8 Å². The smallest absolute Gasteiger partial charge is 0.195 e. The van der Waals surface area contributed by atoms with Crippen LogP contribution in [0.25, 0.3) is 0 Å². The molecule has 1 aromatic rings. The van der Waals surface area contributed by atoms with Crippen LogP contribution in [0.2, 0.25) is 0 Å². The first-order valence-electron chi connectivity index (χ1n) is 6.83. The molecule has 2 heterocycles. The highest BCUT2D eigenvalue weighted by Crippen LogP contribution is 2.22. The third kappa shape index (κ3) is 3.79. The van der Waals surface area contributed by atoms with Crippen molar-refractivity contribution in [2.75, 3.05) is 12.8 Å². The summed E-state index contributed by atoms with van der Waals surface area (Å²) in [6, 6.07) is 0.330. The van der Waals surface area contributed by atoms with Crippen molar-refractivity contribution in [2.45, 2.75) is 50.3 Å². The number of rotatable bonds is 5. The highest BCUT2D eigenvalue weighted by atomic mass is 32.2. The normalized spacial score (nSPS) is 24.2. The van der Waals surface area contributed by atoms with E-state index in [9.17, 15) is 8.42 Å². The molecular formula is C13H22N2O3S. The minimum Gasteiger partial charge on any atom is -0.449 e. The van der Waals surface area contributed by atoms with Crippen LogP contribution in [-0.4, -0.2) is 37.5 Å². The van der Waals surface area contributed by atoms with E-state index in [0.29, 0.717) is 24.1 Å². The van der Waals surface area contributed by atoms with Crippen LogP contribution in [0.15, 0.2) is 10.7 Å². The summed E-state index contributed by atoms with van der Waals surface area (Å²) in [4.78, 5) is 4.39. The Morgan fingerprint density at radius 3 is 3.00 bits per heavy atom. The van der Waals surface area contributed by atoms with Crippen molar-refractivity contribution in [1.82, 2.24) is 10.3 Å². The van der Waals surface area contributed by atoms with Gasteiger partial charge in [0, 0.05) is 18.9 Å².